The summed E-state index contributed by atoms with van der Waals surface area (Å²) < 4.78 is 2.47. The van der Waals surface area contributed by atoms with Crippen molar-refractivity contribution in [2.45, 2.75) is 5.08 Å². The maximum atomic E-state index is 4.24. The number of amidine groups is 1. The van der Waals surface area contributed by atoms with E-state index in [2.05, 4.69) is 42.0 Å². The third kappa shape index (κ3) is 1.86. The molecule has 0 spiro atoms. The molecule has 0 saturated heterocycles. The molecule has 1 heterocycles. The van der Waals surface area contributed by atoms with Crippen molar-refractivity contribution < 1.29 is 4.70 Å². The number of azo groups is 2. The van der Waals surface area contributed by atoms with E-state index in [0.29, 0.717) is 0 Å². The normalized spacial score (nSPS) is 21.2. The monoisotopic (exact) mass is 302 g/mol. The number of para-hydroxylation sites is 1. The smallest absolute Gasteiger partial charge is 0.0875 e. The first-order chi connectivity index (χ1) is 6.27. The summed E-state index contributed by atoms with van der Waals surface area (Å²) in [6.45, 7) is 0. The van der Waals surface area contributed by atoms with Crippen molar-refractivity contribution in [1.82, 2.24) is 0 Å². The number of alkyl halides is 1. The van der Waals surface area contributed by atoms with Crippen LogP contribution in [-0.2, 0) is 0 Å². The molecule has 66 valence electrons. The summed E-state index contributed by atoms with van der Waals surface area (Å²) in [4.78, 5) is 4.16. The van der Waals surface area contributed by atoms with Gasteiger partial charge in [-0.15, -0.1) is 0 Å². The van der Waals surface area contributed by atoms with Crippen molar-refractivity contribution in [2.24, 2.45) is 10.1 Å². The predicted octanol–water partition coefficient (Wildman–Crippen LogP) is 3.23. The zero-order valence-corrected chi connectivity index (χ0v) is 9.73. The molecule has 5 heteroatoms. The Morgan fingerprint density at radius 2 is 1.92 bits per heavy atom. The number of hydrogen-bond acceptors (Lipinski definition) is 2. The first-order valence-electron chi connectivity index (χ1n) is 3.71. The lowest BCUT2D eigenvalue weighted by Gasteiger charge is -1.93. The molecule has 2 rings (SSSR count). The Morgan fingerprint density at radius 1 is 1.23 bits per heavy atom. The van der Waals surface area contributed by atoms with E-state index in [9.17, 15) is 0 Å². The second-order valence-electron chi connectivity index (χ2n) is 2.47. The standard InChI is InChI=1S/C8H6Br2N3/c9-7-11-8(10)13(12-7)6-4-2-1-3-5-6/h1-5,7H/q+1. The SMILES string of the molecule is BrC1=NC(Br)N=[N+]1c1ccccc1. The van der Waals surface area contributed by atoms with Crippen LogP contribution >= 0.6 is 31.9 Å². The molecule has 1 aromatic carbocycles. The fourth-order valence-corrected chi connectivity index (χ4v) is 2.20. The van der Waals surface area contributed by atoms with Crippen molar-refractivity contribution in [3.8, 4) is 0 Å². The quantitative estimate of drug-likeness (QED) is 0.433. The third-order valence-electron chi connectivity index (χ3n) is 1.60. The van der Waals surface area contributed by atoms with Crippen molar-refractivity contribution in [3.05, 3.63) is 30.3 Å². The third-order valence-corrected chi connectivity index (χ3v) is 2.53. The highest BCUT2D eigenvalue weighted by atomic mass is 79.9. The van der Waals surface area contributed by atoms with Crippen LogP contribution in [0.25, 0.3) is 0 Å². The van der Waals surface area contributed by atoms with E-state index in [0.717, 1.165) is 10.4 Å². The largest absolute Gasteiger partial charge is 0.390 e. The van der Waals surface area contributed by atoms with Crippen LogP contribution in [0.15, 0.2) is 40.4 Å². The van der Waals surface area contributed by atoms with Gasteiger partial charge in [-0.1, -0.05) is 22.9 Å². The van der Waals surface area contributed by atoms with E-state index in [-0.39, 0.29) is 5.08 Å². The minimum atomic E-state index is -0.179. The number of rotatable bonds is 1. The van der Waals surface area contributed by atoms with Crippen LogP contribution in [0.3, 0.4) is 0 Å². The highest BCUT2D eigenvalue weighted by Crippen LogP contribution is 2.22. The minimum absolute atomic E-state index is 0.179. The van der Waals surface area contributed by atoms with E-state index in [1.807, 2.05) is 30.3 Å². The van der Waals surface area contributed by atoms with Gasteiger partial charge in [-0.3, -0.25) is 0 Å². The Labute approximate surface area is 92.4 Å². The number of benzene rings is 1. The van der Waals surface area contributed by atoms with Crippen LogP contribution < -0.4 is 0 Å². The zero-order valence-electron chi connectivity index (χ0n) is 6.56. The molecule has 13 heavy (non-hydrogen) atoms. The molecule has 0 fully saturated rings. The van der Waals surface area contributed by atoms with Crippen LogP contribution in [0, 0.1) is 0 Å². The predicted molar refractivity (Wildman–Crippen MR) is 57.9 cm³/mol. The molecule has 0 radical (unpaired) electrons. The Balaban J connectivity index is 2.39. The van der Waals surface area contributed by atoms with Gasteiger partial charge in [0.15, 0.2) is 5.69 Å². The average molecular weight is 304 g/mol. The zero-order chi connectivity index (χ0) is 9.26. The maximum Gasteiger partial charge on any atom is 0.390 e. The first kappa shape index (κ1) is 9.02. The Bertz CT molecular complexity index is 372. The lowest BCUT2D eigenvalue weighted by atomic mass is 10.3. The minimum Gasteiger partial charge on any atom is -0.0875 e. The summed E-state index contributed by atoms with van der Waals surface area (Å²) in [6, 6.07) is 9.85. The molecule has 3 nitrogen and oxygen atoms in total. The summed E-state index contributed by atoms with van der Waals surface area (Å²) in [5.74, 6) is 0. The molecule has 1 aliphatic heterocycles. The fourth-order valence-electron chi connectivity index (χ4n) is 1.05. The number of nitrogens with zero attached hydrogens (tertiary/aromatic N) is 3. The van der Waals surface area contributed by atoms with Crippen LogP contribution in [-0.4, -0.2) is 14.5 Å². The van der Waals surface area contributed by atoms with Gasteiger partial charge >= 0.3 is 9.82 Å². The number of aliphatic imine (C=N–C) groups is 1. The molecular formula is C8H6Br2N3+. The number of halogens is 2. The second kappa shape index (κ2) is 3.67. The van der Waals surface area contributed by atoms with Gasteiger partial charge in [0, 0.05) is 0 Å². The van der Waals surface area contributed by atoms with Crippen LogP contribution in [0.5, 0.6) is 0 Å². The van der Waals surface area contributed by atoms with E-state index >= 15 is 0 Å². The van der Waals surface area contributed by atoms with Crippen molar-refractivity contribution in [3.63, 3.8) is 0 Å². The summed E-state index contributed by atoms with van der Waals surface area (Å²) in [6.07, 6.45) is 0. The molecule has 1 atom stereocenters. The Hall–Kier alpha value is -0.550. The lowest BCUT2D eigenvalue weighted by Crippen LogP contribution is -2.01. The van der Waals surface area contributed by atoms with Gasteiger partial charge in [-0.25, -0.2) is 0 Å². The topological polar surface area (TPSA) is 27.7 Å². The van der Waals surface area contributed by atoms with Gasteiger partial charge in [0.2, 0.25) is 0 Å². The van der Waals surface area contributed by atoms with E-state index in [1.54, 1.807) is 4.70 Å². The van der Waals surface area contributed by atoms with Crippen LogP contribution in [0.2, 0.25) is 0 Å². The number of hydrogen-bond donors (Lipinski definition) is 0. The van der Waals surface area contributed by atoms with Gasteiger partial charge in [-0.05, 0) is 38.2 Å². The summed E-state index contributed by atoms with van der Waals surface area (Å²) in [5.41, 5.74) is 1.00. The summed E-state index contributed by atoms with van der Waals surface area (Å²) in [5, 5.41) is 4.06. The summed E-state index contributed by atoms with van der Waals surface area (Å²) in [7, 11) is 0. The maximum absolute atomic E-state index is 4.24. The highest BCUT2D eigenvalue weighted by Gasteiger charge is 2.27. The van der Waals surface area contributed by atoms with Crippen LogP contribution in [0.4, 0.5) is 5.69 Å². The van der Waals surface area contributed by atoms with Crippen molar-refractivity contribution >= 4 is 42.3 Å². The van der Waals surface area contributed by atoms with E-state index in [1.165, 1.54) is 0 Å². The molecule has 0 amide bonds. The van der Waals surface area contributed by atoms with Gasteiger partial charge in [0.25, 0.3) is 0 Å². The molecule has 0 N–H and O–H groups in total. The summed E-state index contributed by atoms with van der Waals surface area (Å²) >= 11 is 6.62. The molecule has 1 aliphatic rings. The van der Waals surface area contributed by atoms with Crippen LogP contribution in [0.1, 0.15) is 0 Å². The van der Waals surface area contributed by atoms with E-state index < -0.39 is 0 Å². The molecule has 0 aromatic heterocycles. The Kier molecular flexibility index (Phi) is 2.55. The molecule has 0 bridgehead atoms. The second-order valence-corrected chi connectivity index (χ2v) is 4.00. The average Bonchev–Trinajstić information content (AvgIpc) is 2.47. The van der Waals surface area contributed by atoms with Crippen molar-refractivity contribution in [2.75, 3.05) is 0 Å². The van der Waals surface area contributed by atoms with Gasteiger partial charge in [0.1, 0.15) is 0 Å². The Morgan fingerprint density at radius 3 is 2.46 bits per heavy atom. The molecule has 1 unspecified atom stereocenters. The van der Waals surface area contributed by atoms with Gasteiger partial charge < -0.3 is 0 Å². The lowest BCUT2D eigenvalue weighted by molar-refractivity contribution is -0.377. The highest BCUT2D eigenvalue weighted by molar-refractivity contribution is 9.18. The molecule has 1 aromatic rings. The van der Waals surface area contributed by atoms with Gasteiger partial charge in [0.05, 0.1) is 15.9 Å². The van der Waals surface area contributed by atoms with E-state index in [4.69, 9.17) is 0 Å². The fraction of sp³-hybridized carbons (Fsp3) is 0.125. The van der Waals surface area contributed by atoms with Crippen molar-refractivity contribution in [1.29, 1.82) is 0 Å². The molecular weight excluding hydrogens is 298 g/mol. The van der Waals surface area contributed by atoms with Gasteiger partial charge in [-0.2, -0.15) is 0 Å². The first-order valence-corrected chi connectivity index (χ1v) is 5.41. The molecule has 0 saturated carbocycles. The molecule has 0 aliphatic carbocycles.